The highest BCUT2D eigenvalue weighted by molar-refractivity contribution is 5.40. The topological polar surface area (TPSA) is 46.2 Å². The minimum absolute atomic E-state index is 0.109. The molecule has 1 aromatic rings. The molecule has 1 saturated carbocycles. The quantitative estimate of drug-likeness (QED) is 0.753. The second kappa shape index (κ2) is 3.57. The summed E-state index contributed by atoms with van der Waals surface area (Å²) >= 11 is 0. The van der Waals surface area contributed by atoms with E-state index in [1.165, 1.54) is 11.1 Å². The zero-order valence-corrected chi connectivity index (χ0v) is 9.52. The number of benzene rings is 1. The fourth-order valence-corrected chi connectivity index (χ4v) is 3.58. The summed E-state index contributed by atoms with van der Waals surface area (Å²) in [5.41, 5.74) is 9.28. The van der Waals surface area contributed by atoms with Crippen LogP contribution in [0.4, 0.5) is 0 Å². The minimum atomic E-state index is -0.109. The summed E-state index contributed by atoms with van der Waals surface area (Å²) in [7, 11) is 0. The first-order valence-corrected chi connectivity index (χ1v) is 6.22. The highest BCUT2D eigenvalue weighted by atomic mass is 16.3. The summed E-state index contributed by atoms with van der Waals surface area (Å²) < 4.78 is 0. The molecule has 3 rings (SSSR count). The first kappa shape index (κ1) is 10.3. The molecule has 2 aliphatic rings. The highest BCUT2D eigenvalue weighted by Gasteiger charge is 2.46. The van der Waals surface area contributed by atoms with Gasteiger partial charge in [0, 0.05) is 12.1 Å². The standard InChI is InChI=1S/C14H19NO/c15-14-6-5-10(9-16)7-12(14)8-11-3-1-2-4-13(11)14/h1-4,10,12,16H,5-9,15H2/t10-,12-,14+/m1/s1. The first-order valence-electron chi connectivity index (χ1n) is 6.22. The van der Waals surface area contributed by atoms with Crippen molar-refractivity contribution in [3.8, 4) is 0 Å². The lowest BCUT2D eigenvalue weighted by atomic mass is 9.70. The maximum Gasteiger partial charge on any atom is 0.0459 e. The van der Waals surface area contributed by atoms with Crippen molar-refractivity contribution in [3.63, 3.8) is 0 Å². The van der Waals surface area contributed by atoms with Crippen LogP contribution in [0.2, 0.25) is 0 Å². The van der Waals surface area contributed by atoms with Gasteiger partial charge in [-0.25, -0.2) is 0 Å². The molecule has 0 aromatic heterocycles. The van der Waals surface area contributed by atoms with Gasteiger partial charge in [-0.1, -0.05) is 24.3 Å². The molecule has 0 saturated heterocycles. The maximum absolute atomic E-state index is 9.27. The van der Waals surface area contributed by atoms with Gasteiger partial charge in [0.2, 0.25) is 0 Å². The van der Waals surface area contributed by atoms with Crippen molar-refractivity contribution >= 4 is 0 Å². The van der Waals surface area contributed by atoms with E-state index in [-0.39, 0.29) is 5.54 Å². The van der Waals surface area contributed by atoms with E-state index in [9.17, 15) is 5.11 Å². The van der Waals surface area contributed by atoms with E-state index in [0.29, 0.717) is 18.4 Å². The van der Waals surface area contributed by atoms with E-state index >= 15 is 0 Å². The van der Waals surface area contributed by atoms with E-state index in [1.807, 2.05) is 0 Å². The van der Waals surface area contributed by atoms with Crippen molar-refractivity contribution in [3.05, 3.63) is 35.4 Å². The summed E-state index contributed by atoms with van der Waals surface area (Å²) in [6.45, 7) is 0.322. The van der Waals surface area contributed by atoms with Gasteiger partial charge in [0.05, 0.1) is 0 Å². The van der Waals surface area contributed by atoms with Gasteiger partial charge in [-0.05, 0) is 48.6 Å². The van der Waals surface area contributed by atoms with Crippen LogP contribution in [0.1, 0.15) is 30.4 Å². The highest BCUT2D eigenvalue weighted by Crippen LogP contribution is 2.49. The van der Waals surface area contributed by atoms with Crippen molar-refractivity contribution in [2.75, 3.05) is 6.61 Å². The molecule has 86 valence electrons. The smallest absolute Gasteiger partial charge is 0.0459 e. The third-order valence-electron chi connectivity index (χ3n) is 4.56. The molecular formula is C14H19NO. The number of nitrogens with two attached hydrogens (primary N) is 1. The van der Waals surface area contributed by atoms with Gasteiger partial charge < -0.3 is 10.8 Å². The van der Waals surface area contributed by atoms with Gasteiger partial charge in [-0.3, -0.25) is 0 Å². The third kappa shape index (κ3) is 1.33. The van der Waals surface area contributed by atoms with Crippen LogP contribution >= 0.6 is 0 Å². The molecule has 0 spiro atoms. The van der Waals surface area contributed by atoms with E-state index in [2.05, 4.69) is 24.3 Å². The summed E-state index contributed by atoms with van der Waals surface area (Å²) in [4.78, 5) is 0. The molecule has 1 aromatic carbocycles. The largest absolute Gasteiger partial charge is 0.396 e. The number of hydrogen-bond donors (Lipinski definition) is 2. The van der Waals surface area contributed by atoms with Crippen molar-refractivity contribution in [1.82, 2.24) is 0 Å². The van der Waals surface area contributed by atoms with Crippen LogP contribution in [0.5, 0.6) is 0 Å². The van der Waals surface area contributed by atoms with Crippen LogP contribution in [0.3, 0.4) is 0 Å². The monoisotopic (exact) mass is 217 g/mol. The van der Waals surface area contributed by atoms with E-state index in [0.717, 1.165) is 25.7 Å². The fraction of sp³-hybridized carbons (Fsp3) is 0.571. The maximum atomic E-state index is 9.27. The van der Waals surface area contributed by atoms with Crippen LogP contribution in [-0.2, 0) is 12.0 Å². The fourth-order valence-electron chi connectivity index (χ4n) is 3.58. The zero-order chi connectivity index (χ0) is 11.2. The molecule has 3 N–H and O–H groups in total. The normalized spacial score (nSPS) is 36.9. The average Bonchev–Trinajstić information content (AvgIpc) is 2.61. The number of rotatable bonds is 1. The van der Waals surface area contributed by atoms with Gasteiger partial charge in [-0.15, -0.1) is 0 Å². The number of hydrogen-bond acceptors (Lipinski definition) is 2. The molecule has 2 nitrogen and oxygen atoms in total. The van der Waals surface area contributed by atoms with Crippen molar-refractivity contribution in [1.29, 1.82) is 0 Å². The van der Waals surface area contributed by atoms with Gasteiger partial charge in [0.25, 0.3) is 0 Å². The lowest BCUT2D eigenvalue weighted by Crippen LogP contribution is -2.45. The predicted molar refractivity (Wildman–Crippen MR) is 63.9 cm³/mol. The molecule has 0 heterocycles. The van der Waals surface area contributed by atoms with E-state index < -0.39 is 0 Å². The predicted octanol–water partition coefficient (Wildman–Crippen LogP) is 1.81. The molecule has 0 aliphatic heterocycles. The number of fused-ring (bicyclic) bond motifs is 3. The number of aliphatic hydroxyl groups excluding tert-OH is 1. The molecule has 0 amide bonds. The summed E-state index contributed by atoms with van der Waals surface area (Å²) in [5.74, 6) is 1.01. The van der Waals surface area contributed by atoms with Gasteiger partial charge in [0.15, 0.2) is 0 Å². The molecule has 0 bridgehead atoms. The average molecular weight is 217 g/mol. The lowest BCUT2D eigenvalue weighted by molar-refractivity contribution is 0.109. The molecule has 2 aliphatic carbocycles. The molecule has 1 fully saturated rings. The second-order valence-electron chi connectivity index (χ2n) is 5.42. The minimum Gasteiger partial charge on any atom is -0.396 e. The summed E-state index contributed by atoms with van der Waals surface area (Å²) in [6.07, 6.45) is 4.28. The molecule has 3 atom stereocenters. The van der Waals surface area contributed by atoms with E-state index in [1.54, 1.807) is 0 Å². The van der Waals surface area contributed by atoms with Gasteiger partial charge in [-0.2, -0.15) is 0 Å². The zero-order valence-electron chi connectivity index (χ0n) is 9.52. The lowest BCUT2D eigenvalue weighted by Gasteiger charge is -2.40. The second-order valence-corrected chi connectivity index (χ2v) is 5.42. The first-order chi connectivity index (χ1) is 7.74. The molecule has 2 heteroatoms. The summed E-state index contributed by atoms with van der Waals surface area (Å²) in [6, 6.07) is 8.59. The van der Waals surface area contributed by atoms with Crippen LogP contribution < -0.4 is 5.73 Å². The Labute approximate surface area is 96.5 Å². The van der Waals surface area contributed by atoms with Crippen LogP contribution in [0, 0.1) is 11.8 Å². The molecular weight excluding hydrogens is 198 g/mol. The van der Waals surface area contributed by atoms with Crippen LogP contribution in [-0.4, -0.2) is 11.7 Å². The Kier molecular flexibility index (Phi) is 2.30. The Morgan fingerprint density at radius 1 is 1.38 bits per heavy atom. The third-order valence-corrected chi connectivity index (χ3v) is 4.56. The Balaban J connectivity index is 1.96. The van der Waals surface area contributed by atoms with Gasteiger partial charge in [0.1, 0.15) is 0 Å². The Morgan fingerprint density at radius 2 is 2.19 bits per heavy atom. The summed E-state index contributed by atoms with van der Waals surface area (Å²) in [5, 5.41) is 9.27. The molecule has 16 heavy (non-hydrogen) atoms. The SMILES string of the molecule is N[C@@]12CC[C@@H](CO)C[C@@H]1Cc1ccccc12. The molecule has 0 radical (unpaired) electrons. The van der Waals surface area contributed by atoms with Crippen molar-refractivity contribution in [2.24, 2.45) is 17.6 Å². The van der Waals surface area contributed by atoms with Crippen LogP contribution in [0.25, 0.3) is 0 Å². The number of aliphatic hydroxyl groups is 1. The van der Waals surface area contributed by atoms with Crippen LogP contribution in [0.15, 0.2) is 24.3 Å². The Hall–Kier alpha value is -0.860. The Bertz CT molecular complexity index is 403. The van der Waals surface area contributed by atoms with Crippen molar-refractivity contribution in [2.45, 2.75) is 31.2 Å². The van der Waals surface area contributed by atoms with Crippen molar-refractivity contribution < 1.29 is 5.11 Å². The van der Waals surface area contributed by atoms with Gasteiger partial charge >= 0.3 is 0 Å². The Morgan fingerprint density at radius 3 is 3.00 bits per heavy atom. The van der Waals surface area contributed by atoms with E-state index in [4.69, 9.17) is 5.73 Å². The molecule has 0 unspecified atom stereocenters.